The molecule has 24 heavy (non-hydrogen) atoms. The molecule has 0 saturated carbocycles. The molecule has 6 heteroatoms. The fourth-order valence-electron chi connectivity index (χ4n) is 2.82. The molecule has 0 spiro atoms. The molecule has 1 aliphatic rings. The minimum Gasteiger partial charge on any atom is -0.480 e. The predicted octanol–water partition coefficient (Wildman–Crippen LogP) is 2.00. The highest BCUT2D eigenvalue weighted by Gasteiger charge is 2.35. The zero-order chi connectivity index (χ0) is 17.3. The van der Waals surface area contributed by atoms with Crippen molar-refractivity contribution in [3.63, 3.8) is 0 Å². The number of nitrogens with two attached hydrogens (primary N) is 1. The summed E-state index contributed by atoms with van der Waals surface area (Å²) >= 11 is 0. The summed E-state index contributed by atoms with van der Waals surface area (Å²) in [4.78, 5) is 25.1. The molecular weight excluding hydrogens is 308 g/mol. The van der Waals surface area contributed by atoms with Crippen molar-refractivity contribution in [2.45, 2.75) is 19.4 Å². The molecule has 0 fully saturated rings. The van der Waals surface area contributed by atoms with E-state index in [9.17, 15) is 9.59 Å². The van der Waals surface area contributed by atoms with E-state index < -0.39 is 18.6 Å². The first kappa shape index (κ1) is 15.9. The van der Waals surface area contributed by atoms with Gasteiger partial charge in [-0.1, -0.05) is 29.8 Å². The fraction of sp³-hybridized carbons (Fsp3) is 0.222. The predicted molar refractivity (Wildman–Crippen MR) is 90.1 cm³/mol. The fourth-order valence-corrected chi connectivity index (χ4v) is 2.82. The van der Waals surface area contributed by atoms with Crippen molar-refractivity contribution in [3.05, 3.63) is 53.6 Å². The van der Waals surface area contributed by atoms with Gasteiger partial charge in [0.15, 0.2) is 6.10 Å². The van der Waals surface area contributed by atoms with E-state index in [1.807, 2.05) is 31.2 Å². The number of nitrogens with zero attached hydrogens (tertiary/aromatic N) is 1. The van der Waals surface area contributed by atoms with Crippen LogP contribution in [0.1, 0.15) is 11.1 Å². The maximum Gasteiger partial charge on any atom is 0.323 e. The molecule has 1 amide bonds. The van der Waals surface area contributed by atoms with Crippen LogP contribution in [0.2, 0.25) is 0 Å². The van der Waals surface area contributed by atoms with Gasteiger partial charge in [-0.3, -0.25) is 14.5 Å². The number of hydrogen-bond acceptors (Lipinski definition) is 4. The Kier molecular flexibility index (Phi) is 4.12. The molecule has 3 rings (SSSR count). The number of rotatable bonds is 4. The molecule has 1 atom stereocenters. The van der Waals surface area contributed by atoms with Crippen LogP contribution in [0.25, 0.3) is 0 Å². The molecule has 2 aromatic rings. The number of hydrogen-bond donors (Lipinski definition) is 2. The Morgan fingerprint density at radius 3 is 2.79 bits per heavy atom. The number of aliphatic carboxylic acids is 1. The van der Waals surface area contributed by atoms with Gasteiger partial charge in [-0.15, -0.1) is 0 Å². The zero-order valence-electron chi connectivity index (χ0n) is 13.2. The van der Waals surface area contributed by atoms with Gasteiger partial charge >= 0.3 is 5.97 Å². The zero-order valence-corrected chi connectivity index (χ0v) is 13.2. The summed E-state index contributed by atoms with van der Waals surface area (Å²) in [6.45, 7) is 1.56. The first-order chi connectivity index (χ1) is 11.4. The van der Waals surface area contributed by atoms with E-state index in [1.165, 1.54) is 4.90 Å². The lowest BCUT2D eigenvalue weighted by Gasteiger charge is -2.33. The summed E-state index contributed by atoms with van der Waals surface area (Å²) in [6, 6.07) is 12.6. The molecule has 6 nitrogen and oxygen atoms in total. The number of nitrogen functional groups attached to an aromatic ring is 1. The molecule has 0 saturated heterocycles. The van der Waals surface area contributed by atoms with Crippen LogP contribution in [0.3, 0.4) is 0 Å². The van der Waals surface area contributed by atoms with E-state index in [-0.39, 0.29) is 5.91 Å². The number of carboxylic acids is 1. The number of carboxylic acid groups (broad SMARTS) is 1. The SMILES string of the molecule is Cc1cccc(CC2Oc3cc(N)ccc3N(CC(=O)O)C2=O)c1. The molecule has 0 aliphatic carbocycles. The normalized spacial score (nSPS) is 16.5. The first-order valence-corrected chi connectivity index (χ1v) is 7.59. The number of aryl methyl sites for hydroxylation is 1. The van der Waals surface area contributed by atoms with Crippen molar-refractivity contribution >= 4 is 23.3 Å². The third-order valence-corrected chi connectivity index (χ3v) is 3.88. The number of anilines is 2. The summed E-state index contributed by atoms with van der Waals surface area (Å²) in [5.41, 5.74) is 8.74. The molecular formula is C18H18N2O4. The lowest BCUT2D eigenvalue weighted by Crippen LogP contribution is -2.48. The van der Waals surface area contributed by atoms with Crippen molar-refractivity contribution in [2.24, 2.45) is 0 Å². The Labute approximate surface area is 139 Å². The minimum atomic E-state index is -1.08. The Morgan fingerprint density at radius 1 is 1.29 bits per heavy atom. The quantitative estimate of drug-likeness (QED) is 0.838. The maximum absolute atomic E-state index is 12.7. The van der Waals surface area contributed by atoms with Gasteiger partial charge in [0.2, 0.25) is 0 Å². The average Bonchev–Trinajstić information content (AvgIpc) is 2.51. The average molecular weight is 326 g/mol. The van der Waals surface area contributed by atoms with E-state index in [0.29, 0.717) is 23.5 Å². The van der Waals surface area contributed by atoms with Crippen LogP contribution in [0, 0.1) is 6.92 Å². The topological polar surface area (TPSA) is 92.9 Å². The second-order valence-corrected chi connectivity index (χ2v) is 5.84. The molecule has 1 heterocycles. The summed E-state index contributed by atoms with van der Waals surface area (Å²) < 4.78 is 5.82. The summed E-state index contributed by atoms with van der Waals surface area (Å²) in [7, 11) is 0. The number of carbonyl (C=O) groups is 2. The highest BCUT2D eigenvalue weighted by molar-refractivity contribution is 6.03. The first-order valence-electron chi connectivity index (χ1n) is 7.59. The Morgan fingerprint density at radius 2 is 2.08 bits per heavy atom. The van der Waals surface area contributed by atoms with E-state index in [2.05, 4.69) is 0 Å². The van der Waals surface area contributed by atoms with Gasteiger partial charge in [0, 0.05) is 18.2 Å². The van der Waals surface area contributed by atoms with Gasteiger partial charge in [-0.25, -0.2) is 0 Å². The van der Waals surface area contributed by atoms with Gasteiger partial charge in [-0.2, -0.15) is 0 Å². The Hall–Kier alpha value is -3.02. The van der Waals surface area contributed by atoms with Crippen LogP contribution in [-0.2, 0) is 16.0 Å². The molecule has 0 bridgehead atoms. The van der Waals surface area contributed by atoms with Gasteiger partial charge in [0.05, 0.1) is 5.69 Å². The minimum absolute atomic E-state index is 0.365. The van der Waals surface area contributed by atoms with Crippen LogP contribution in [-0.4, -0.2) is 29.6 Å². The molecule has 3 N–H and O–H groups in total. The molecule has 1 aliphatic heterocycles. The maximum atomic E-state index is 12.7. The van der Waals surface area contributed by atoms with E-state index >= 15 is 0 Å². The van der Waals surface area contributed by atoms with Crippen LogP contribution in [0.5, 0.6) is 5.75 Å². The van der Waals surface area contributed by atoms with Gasteiger partial charge in [0.1, 0.15) is 12.3 Å². The second-order valence-electron chi connectivity index (χ2n) is 5.84. The highest BCUT2D eigenvalue weighted by Crippen LogP contribution is 2.36. The smallest absolute Gasteiger partial charge is 0.323 e. The molecule has 2 aromatic carbocycles. The van der Waals surface area contributed by atoms with Crippen LogP contribution < -0.4 is 15.4 Å². The summed E-state index contributed by atoms with van der Waals surface area (Å²) in [6.07, 6.45) is -0.411. The Bertz CT molecular complexity index is 803. The Balaban J connectivity index is 1.94. The van der Waals surface area contributed by atoms with Crippen LogP contribution in [0.4, 0.5) is 11.4 Å². The molecule has 1 unspecified atom stereocenters. The number of ether oxygens (including phenoxy) is 1. The lowest BCUT2D eigenvalue weighted by atomic mass is 10.0. The number of amides is 1. The van der Waals surface area contributed by atoms with Crippen LogP contribution in [0.15, 0.2) is 42.5 Å². The number of fused-ring (bicyclic) bond motifs is 1. The number of carbonyl (C=O) groups excluding carboxylic acids is 1. The van der Waals surface area contributed by atoms with Crippen molar-refractivity contribution in [3.8, 4) is 5.75 Å². The van der Waals surface area contributed by atoms with Gasteiger partial charge < -0.3 is 15.6 Å². The largest absolute Gasteiger partial charge is 0.480 e. The van der Waals surface area contributed by atoms with Gasteiger partial charge in [-0.05, 0) is 24.6 Å². The van der Waals surface area contributed by atoms with Gasteiger partial charge in [0.25, 0.3) is 5.91 Å². The van der Waals surface area contributed by atoms with Crippen molar-refractivity contribution in [2.75, 3.05) is 17.2 Å². The molecule has 0 radical (unpaired) electrons. The van der Waals surface area contributed by atoms with Crippen molar-refractivity contribution < 1.29 is 19.4 Å². The van der Waals surface area contributed by atoms with E-state index in [4.69, 9.17) is 15.6 Å². The standard InChI is InChI=1S/C18H18N2O4/c1-11-3-2-4-12(7-11)8-16-18(23)20(10-17(21)22)14-6-5-13(19)9-15(14)24-16/h2-7,9,16H,8,10,19H2,1H3,(H,21,22). The van der Waals surface area contributed by atoms with E-state index in [1.54, 1.807) is 18.2 Å². The third kappa shape index (κ3) is 3.17. The van der Waals surface area contributed by atoms with E-state index in [0.717, 1.165) is 11.1 Å². The molecule has 0 aromatic heterocycles. The highest BCUT2D eigenvalue weighted by atomic mass is 16.5. The lowest BCUT2D eigenvalue weighted by molar-refractivity contribution is -0.137. The van der Waals surface area contributed by atoms with Crippen LogP contribution >= 0.6 is 0 Å². The molecule has 124 valence electrons. The van der Waals surface area contributed by atoms with Crippen molar-refractivity contribution in [1.82, 2.24) is 0 Å². The van der Waals surface area contributed by atoms with Crippen molar-refractivity contribution in [1.29, 1.82) is 0 Å². The summed E-state index contributed by atoms with van der Waals surface area (Å²) in [5.74, 6) is -1.02. The summed E-state index contributed by atoms with van der Waals surface area (Å²) in [5, 5.41) is 9.12. The monoisotopic (exact) mass is 326 g/mol. The second kappa shape index (κ2) is 6.23. The third-order valence-electron chi connectivity index (χ3n) is 3.88. The number of benzene rings is 2.